The molecule has 22 heavy (non-hydrogen) atoms. The van der Waals surface area contributed by atoms with Crippen LogP contribution in [0.25, 0.3) is 10.9 Å². The number of benzene rings is 1. The number of fused-ring (bicyclic) bond motifs is 1. The number of nitrogens with two attached hydrogens (primary N) is 1. The summed E-state index contributed by atoms with van der Waals surface area (Å²) in [5.41, 5.74) is 7.15. The largest absolute Gasteiger partial charge is 0.384 e. The van der Waals surface area contributed by atoms with E-state index in [4.69, 9.17) is 5.73 Å². The van der Waals surface area contributed by atoms with Crippen molar-refractivity contribution in [2.24, 2.45) is 0 Å². The van der Waals surface area contributed by atoms with Crippen LogP contribution in [0.4, 0.5) is 17.3 Å². The Kier molecular flexibility index (Phi) is 3.48. The molecule has 0 aliphatic rings. The fraction of sp³-hybridized carbons (Fsp3) is 0.0714. The molecule has 3 rings (SSSR count). The van der Waals surface area contributed by atoms with E-state index in [0.717, 1.165) is 10.9 Å². The molecule has 2 aromatic heterocycles. The lowest BCUT2D eigenvalue weighted by Crippen LogP contribution is -2.03. The lowest BCUT2D eigenvalue weighted by Gasteiger charge is -2.08. The highest BCUT2D eigenvalue weighted by Gasteiger charge is 2.07. The van der Waals surface area contributed by atoms with Crippen LogP contribution in [0, 0.1) is 10.1 Å². The molecule has 8 nitrogen and oxygen atoms in total. The maximum absolute atomic E-state index is 10.8. The van der Waals surface area contributed by atoms with Crippen molar-refractivity contribution in [3.8, 4) is 0 Å². The van der Waals surface area contributed by atoms with Crippen LogP contribution in [-0.2, 0) is 6.54 Å². The van der Waals surface area contributed by atoms with Crippen LogP contribution in [-0.4, -0.2) is 19.9 Å². The second-order valence-corrected chi connectivity index (χ2v) is 4.63. The molecule has 110 valence electrons. The van der Waals surface area contributed by atoms with Gasteiger partial charge in [-0.15, -0.1) is 0 Å². The third kappa shape index (κ3) is 2.75. The number of nitrogen functional groups attached to an aromatic ring is 1. The SMILES string of the molecule is Nc1cc2ncnc(NCc3cccc([N+](=O)[O-])c3)c2cn1. The first kappa shape index (κ1) is 13.7. The molecule has 0 saturated carbocycles. The summed E-state index contributed by atoms with van der Waals surface area (Å²) in [6, 6.07) is 8.09. The van der Waals surface area contributed by atoms with E-state index in [1.165, 1.54) is 18.5 Å². The molecule has 0 aliphatic carbocycles. The van der Waals surface area contributed by atoms with E-state index in [-0.39, 0.29) is 5.69 Å². The molecule has 0 unspecified atom stereocenters. The van der Waals surface area contributed by atoms with Gasteiger partial charge in [-0.1, -0.05) is 12.1 Å². The molecule has 0 bridgehead atoms. The normalized spacial score (nSPS) is 10.5. The highest BCUT2D eigenvalue weighted by Crippen LogP contribution is 2.20. The number of nitrogens with zero attached hydrogens (tertiary/aromatic N) is 4. The summed E-state index contributed by atoms with van der Waals surface area (Å²) in [4.78, 5) is 22.7. The van der Waals surface area contributed by atoms with E-state index in [1.54, 1.807) is 24.4 Å². The summed E-state index contributed by atoms with van der Waals surface area (Å²) in [5.74, 6) is 0.986. The minimum atomic E-state index is -0.420. The number of nitro groups is 1. The van der Waals surface area contributed by atoms with E-state index in [2.05, 4.69) is 20.3 Å². The maximum atomic E-state index is 10.8. The zero-order chi connectivity index (χ0) is 15.5. The van der Waals surface area contributed by atoms with Crippen molar-refractivity contribution in [3.63, 3.8) is 0 Å². The monoisotopic (exact) mass is 296 g/mol. The summed E-state index contributed by atoms with van der Waals surface area (Å²) in [7, 11) is 0. The van der Waals surface area contributed by atoms with E-state index in [1.807, 2.05) is 0 Å². The van der Waals surface area contributed by atoms with Gasteiger partial charge in [-0.25, -0.2) is 15.0 Å². The fourth-order valence-electron chi connectivity index (χ4n) is 2.07. The van der Waals surface area contributed by atoms with E-state index >= 15 is 0 Å². The third-order valence-corrected chi connectivity index (χ3v) is 3.12. The molecule has 3 aromatic rings. The van der Waals surface area contributed by atoms with E-state index in [9.17, 15) is 10.1 Å². The standard InChI is InChI=1S/C14H12N6O2/c15-13-5-12-11(7-16-13)14(19-8-18-12)17-6-9-2-1-3-10(4-9)20(21)22/h1-5,7-8H,6H2,(H2,15,16)(H,17,18,19). The Hall–Kier alpha value is -3.29. The Morgan fingerprint density at radius 2 is 2.09 bits per heavy atom. The molecule has 0 atom stereocenters. The maximum Gasteiger partial charge on any atom is 0.269 e. The van der Waals surface area contributed by atoms with Crippen LogP contribution in [0.15, 0.2) is 42.9 Å². The van der Waals surface area contributed by atoms with Gasteiger partial charge in [0.25, 0.3) is 5.69 Å². The van der Waals surface area contributed by atoms with Crippen molar-refractivity contribution in [2.75, 3.05) is 11.1 Å². The first-order valence-electron chi connectivity index (χ1n) is 6.47. The first-order valence-corrected chi connectivity index (χ1v) is 6.47. The average molecular weight is 296 g/mol. The Bertz CT molecular complexity index is 852. The van der Waals surface area contributed by atoms with Crippen LogP contribution in [0.2, 0.25) is 0 Å². The Morgan fingerprint density at radius 1 is 1.23 bits per heavy atom. The number of anilines is 2. The van der Waals surface area contributed by atoms with Gasteiger partial charge in [-0.05, 0) is 5.56 Å². The molecule has 8 heteroatoms. The number of pyridine rings is 1. The second kappa shape index (κ2) is 5.60. The Morgan fingerprint density at radius 3 is 2.91 bits per heavy atom. The molecule has 0 radical (unpaired) electrons. The van der Waals surface area contributed by atoms with Gasteiger partial charge < -0.3 is 11.1 Å². The number of nitro benzene ring substituents is 1. The van der Waals surface area contributed by atoms with E-state index < -0.39 is 4.92 Å². The predicted octanol–water partition coefficient (Wildman–Crippen LogP) is 2.13. The van der Waals surface area contributed by atoms with Gasteiger partial charge in [0.2, 0.25) is 0 Å². The topological polar surface area (TPSA) is 120 Å². The third-order valence-electron chi connectivity index (χ3n) is 3.12. The van der Waals surface area contributed by atoms with Crippen molar-refractivity contribution in [1.29, 1.82) is 0 Å². The Labute approximate surface area is 125 Å². The zero-order valence-corrected chi connectivity index (χ0v) is 11.4. The molecule has 1 aromatic carbocycles. The smallest absolute Gasteiger partial charge is 0.269 e. The van der Waals surface area contributed by atoms with Gasteiger partial charge >= 0.3 is 0 Å². The van der Waals surface area contributed by atoms with Crippen LogP contribution in [0.5, 0.6) is 0 Å². The first-order chi connectivity index (χ1) is 10.6. The van der Waals surface area contributed by atoms with Gasteiger partial charge in [0.05, 0.1) is 15.8 Å². The van der Waals surface area contributed by atoms with Crippen LogP contribution < -0.4 is 11.1 Å². The molecular formula is C14H12N6O2. The molecule has 0 fully saturated rings. The molecule has 0 aliphatic heterocycles. The van der Waals surface area contributed by atoms with Crippen LogP contribution in [0.3, 0.4) is 0 Å². The second-order valence-electron chi connectivity index (χ2n) is 4.63. The van der Waals surface area contributed by atoms with Crippen LogP contribution in [0.1, 0.15) is 5.56 Å². The lowest BCUT2D eigenvalue weighted by atomic mass is 10.2. The zero-order valence-electron chi connectivity index (χ0n) is 11.4. The minimum Gasteiger partial charge on any atom is -0.384 e. The highest BCUT2D eigenvalue weighted by atomic mass is 16.6. The van der Waals surface area contributed by atoms with Crippen molar-refractivity contribution in [1.82, 2.24) is 15.0 Å². The summed E-state index contributed by atoms with van der Waals surface area (Å²) in [5, 5.41) is 14.7. The van der Waals surface area contributed by atoms with Crippen molar-refractivity contribution >= 4 is 28.2 Å². The van der Waals surface area contributed by atoms with Crippen molar-refractivity contribution in [3.05, 3.63) is 58.5 Å². The number of hydrogen-bond acceptors (Lipinski definition) is 7. The highest BCUT2D eigenvalue weighted by molar-refractivity contribution is 5.89. The number of aromatic nitrogens is 3. The molecule has 0 saturated heterocycles. The summed E-state index contributed by atoms with van der Waals surface area (Å²) in [6.45, 7) is 0.401. The molecular weight excluding hydrogens is 284 g/mol. The van der Waals surface area contributed by atoms with E-state index in [0.29, 0.717) is 23.7 Å². The predicted molar refractivity (Wildman–Crippen MR) is 82.2 cm³/mol. The summed E-state index contributed by atoms with van der Waals surface area (Å²) in [6.07, 6.45) is 3.03. The van der Waals surface area contributed by atoms with Gasteiger partial charge in [-0.3, -0.25) is 10.1 Å². The average Bonchev–Trinajstić information content (AvgIpc) is 2.52. The number of nitrogens with one attached hydrogen (secondary N) is 1. The minimum absolute atomic E-state index is 0.0567. The summed E-state index contributed by atoms with van der Waals surface area (Å²) >= 11 is 0. The Balaban J connectivity index is 1.85. The lowest BCUT2D eigenvalue weighted by molar-refractivity contribution is -0.384. The molecule has 0 spiro atoms. The van der Waals surface area contributed by atoms with Gasteiger partial charge in [0.1, 0.15) is 18.0 Å². The van der Waals surface area contributed by atoms with Crippen molar-refractivity contribution < 1.29 is 4.92 Å². The molecule has 3 N–H and O–H groups in total. The number of non-ortho nitro benzene ring substituents is 1. The number of rotatable bonds is 4. The van der Waals surface area contributed by atoms with Gasteiger partial charge in [0.15, 0.2) is 0 Å². The summed E-state index contributed by atoms with van der Waals surface area (Å²) < 4.78 is 0. The fourth-order valence-corrected chi connectivity index (χ4v) is 2.07. The molecule has 2 heterocycles. The van der Waals surface area contributed by atoms with Gasteiger partial charge in [0, 0.05) is 30.9 Å². The van der Waals surface area contributed by atoms with Gasteiger partial charge in [-0.2, -0.15) is 0 Å². The van der Waals surface area contributed by atoms with Crippen LogP contribution >= 0.6 is 0 Å². The quantitative estimate of drug-likeness (QED) is 0.558. The van der Waals surface area contributed by atoms with Crippen molar-refractivity contribution in [2.45, 2.75) is 6.54 Å². The molecule has 0 amide bonds. The number of hydrogen-bond donors (Lipinski definition) is 2.